The topological polar surface area (TPSA) is 121 Å². The number of carbonyl (C=O) groups is 2. The van der Waals surface area contributed by atoms with Crippen molar-refractivity contribution in [2.24, 2.45) is 0 Å². The van der Waals surface area contributed by atoms with Gasteiger partial charge >= 0.3 is 11.9 Å². The van der Waals surface area contributed by atoms with Crippen molar-refractivity contribution in [2.75, 3.05) is 0 Å². The summed E-state index contributed by atoms with van der Waals surface area (Å²) in [6.45, 7) is 16.2. The van der Waals surface area contributed by atoms with E-state index in [0.29, 0.717) is 0 Å². The van der Waals surface area contributed by atoms with Crippen molar-refractivity contribution in [3.05, 3.63) is 0 Å². The van der Waals surface area contributed by atoms with E-state index in [2.05, 4.69) is 0 Å². The average Bonchev–Trinajstić information content (AvgIpc) is 2.72. The van der Waals surface area contributed by atoms with Crippen molar-refractivity contribution in [3.63, 3.8) is 0 Å². The molecule has 0 unspecified atom stereocenters. The number of rotatable bonds is 9. The summed E-state index contributed by atoms with van der Waals surface area (Å²) in [5.74, 6) is -1.48. The molecule has 2 saturated heterocycles. The molecular formula is C28H54N2O6. The van der Waals surface area contributed by atoms with E-state index in [0.717, 1.165) is 64.2 Å². The van der Waals surface area contributed by atoms with E-state index in [1.807, 2.05) is 55.4 Å². The molecule has 2 fully saturated rings. The molecule has 2 N–H and O–H groups in total. The largest absolute Gasteiger partial charge is 0.481 e. The third kappa shape index (κ3) is 13.4. The zero-order chi connectivity index (χ0) is 28.2. The smallest absolute Gasteiger partial charge is 0.303 e. The minimum Gasteiger partial charge on any atom is -0.481 e. The first-order valence-electron chi connectivity index (χ1n) is 13.7. The second-order valence-electron chi connectivity index (χ2n) is 13.0. The minimum absolute atomic E-state index is 0.151. The molecule has 8 heteroatoms. The lowest BCUT2D eigenvalue weighted by Crippen LogP contribution is -2.55. The molecule has 0 aromatic rings. The van der Waals surface area contributed by atoms with Crippen LogP contribution in [0.1, 0.15) is 145 Å². The third-order valence-corrected chi connectivity index (χ3v) is 7.38. The van der Waals surface area contributed by atoms with Crippen molar-refractivity contribution in [1.82, 2.24) is 10.1 Å². The molecule has 0 aromatic heterocycles. The Morgan fingerprint density at radius 3 is 0.944 bits per heavy atom. The first-order valence-corrected chi connectivity index (χ1v) is 13.7. The predicted octanol–water partition coefficient (Wildman–Crippen LogP) is 7.03. The Hall–Kier alpha value is -1.22. The second kappa shape index (κ2) is 15.3. The van der Waals surface area contributed by atoms with Gasteiger partial charge in [-0.25, -0.2) is 0 Å². The maximum atomic E-state index is 11.7. The number of aliphatic carboxylic acids is 2. The maximum Gasteiger partial charge on any atom is 0.303 e. The number of unbranched alkanes of at least 4 members (excludes halogenated alkanes) is 5. The number of carboxylic acids is 2. The highest BCUT2D eigenvalue weighted by Crippen LogP contribution is 2.37. The van der Waals surface area contributed by atoms with Crippen LogP contribution in [0.4, 0.5) is 0 Å². The summed E-state index contributed by atoms with van der Waals surface area (Å²) in [5.41, 5.74) is -0.604. The lowest BCUT2D eigenvalue weighted by atomic mass is 9.82. The van der Waals surface area contributed by atoms with Crippen LogP contribution < -0.4 is 0 Å². The van der Waals surface area contributed by atoms with Crippen molar-refractivity contribution >= 4 is 11.9 Å². The lowest BCUT2D eigenvalue weighted by Gasteiger charge is -2.46. The van der Waals surface area contributed by atoms with Crippen LogP contribution in [0.2, 0.25) is 0 Å². The predicted molar refractivity (Wildman–Crippen MR) is 141 cm³/mol. The standard InChI is InChI=1S/C10H18O4.2C9H18NO/c11-9(12)7-5-3-1-2-4-6-8-10(13)14;2*1-8(2)6-5-7-9(3,4)10(8)11/h1-8H2,(H,11,12)(H,13,14);2*5-7H2,1-4H3. The summed E-state index contributed by atoms with van der Waals surface area (Å²) in [7, 11) is 0. The molecule has 0 aliphatic carbocycles. The van der Waals surface area contributed by atoms with Gasteiger partial charge in [0.1, 0.15) is 0 Å². The highest BCUT2D eigenvalue weighted by molar-refractivity contribution is 5.66. The van der Waals surface area contributed by atoms with Gasteiger partial charge in [-0.15, -0.1) is 20.5 Å². The number of piperidine rings is 2. The molecule has 8 nitrogen and oxygen atoms in total. The van der Waals surface area contributed by atoms with Gasteiger partial charge in [0.2, 0.25) is 0 Å². The Balaban J connectivity index is 0.000000515. The molecule has 2 radical (unpaired) electrons. The van der Waals surface area contributed by atoms with Crippen LogP contribution in [-0.2, 0) is 20.0 Å². The van der Waals surface area contributed by atoms with Crippen molar-refractivity contribution in [1.29, 1.82) is 0 Å². The molecule has 0 atom stereocenters. The summed E-state index contributed by atoms with van der Waals surface area (Å²) >= 11 is 0. The van der Waals surface area contributed by atoms with Crippen LogP contribution in [0, 0.1) is 0 Å². The van der Waals surface area contributed by atoms with Gasteiger partial charge in [0.25, 0.3) is 0 Å². The lowest BCUT2D eigenvalue weighted by molar-refractivity contribution is -0.286. The van der Waals surface area contributed by atoms with Gasteiger partial charge in [0, 0.05) is 35.0 Å². The quantitative estimate of drug-likeness (QED) is 0.319. The van der Waals surface area contributed by atoms with Gasteiger partial charge < -0.3 is 10.2 Å². The maximum absolute atomic E-state index is 11.7. The molecule has 0 saturated carbocycles. The summed E-state index contributed by atoms with van der Waals surface area (Å²) in [4.78, 5) is 20.3. The van der Waals surface area contributed by atoms with E-state index in [1.165, 1.54) is 23.0 Å². The van der Waals surface area contributed by atoms with E-state index in [1.54, 1.807) is 0 Å². The van der Waals surface area contributed by atoms with E-state index in [9.17, 15) is 20.0 Å². The fourth-order valence-electron chi connectivity index (χ4n) is 5.21. The Kier molecular flexibility index (Phi) is 14.7. The molecule has 2 aliphatic heterocycles. The molecule has 0 amide bonds. The number of hydroxylamine groups is 4. The number of carboxylic acid groups (broad SMARTS) is 2. The van der Waals surface area contributed by atoms with Crippen LogP contribution in [-0.4, -0.2) is 54.4 Å². The van der Waals surface area contributed by atoms with Crippen LogP contribution in [0.25, 0.3) is 0 Å². The molecule has 2 heterocycles. The monoisotopic (exact) mass is 514 g/mol. The van der Waals surface area contributed by atoms with Crippen LogP contribution in [0.3, 0.4) is 0 Å². The number of hydrogen-bond acceptors (Lipinski definition) is 4. The zero-order valence-corrected chi connectivity index (χ0v) is 24.3. The van der Waals surface area contributed by atoms with Gasteiger partial charge in [-0.05, 0) is 107 Å². The molecular weight excluding hydrogens is 460 g/mol. The first-order chi connectivity index (χ1) is 16.3. The minimum atomic E-state index is -0.740. The fraction of sp³-hybridized carbons (Fsp3) is 0.929. The Bertz CT molecular complexity index is 572. The Morgan fingerprint density at radius 1 is 0.528 bits per heavy atom. The van der Waals surface area contributed by atoms with Crippen LogP contribution >= 0.6 is 0 Å². The van der Waals surface area contributed by atoms with E-state index < -0.39 is 11.9 Å². The molecule has 2 aliphatic rings. The molecule has 0 spiro atoms. The SMILES string of the molecule is CC1(C)CCCC(C)(C)N1[O].CC1(C)CCCC(C)(C)N1[O].O=C(O)CCCCCCCCC(=O)O. The molecule has 0 aromatic carbocycles. The average molecular weight is 515 g/mol. The summed E-state index contributed by atoms with van der Waals surface area (Å²) < 4.78 is 0. The Morgan fingerprint density at radius 2 is 0.750 bits per heavy atom. The molecule has 36 heavy (non-hydrogen) atoms. The highest BCUT2D eigenvalue weighted by atomic mass is 16.5. The van der Waals surface area contributed by atoms with Gasteiger partial charge in [-0.2, -0.15) is 0 Å². The highest BCUT2D eigenvalue weighted by Gasteiger charge is 2.42. The van der Waals surface area contributed by atoms with E-state index >= 15 is 0 Å². The normalized spacial score (nSPS) is 22.4. The first kappa shape index (κ1) is 34.8. The van der Waals surface area contributed by atoms with Gasteiger partial charge in [0.15, 0.2) is 0 Å². The van der Waals surface area contributed by atoms with Crippen molar-refractivity contribution in [3.8, 4) is 0 Å². The summed E-state index contributed by atoms with van der Waals surface area (Å²) in [6.07, 6.45) is 12.3. The summed E-state index contributed by atoms with van der Waals surface area (Å²) in [5, 5.41) is 42.6. The van der Waals surface area contributed by atoms with Crippen LogP contribution in [0.15, 0.2) is 0 Å². The molecule has 212 valence electrons. The molecule has 0 bridgehead atoms. The number of nitrogens with zero attached hydrogens (tertiary/aromatic N) is 2. The fourth-order valence-corrected chi connectivity index (χ4v) is 5.21. The zero-order valence-electron chi connectivity index (χ0n) is 24.3. The van der Waals surface area contributed by atoms with Gasteiger partial charge in [-0.3, -0.25) is 9.59 Å². The number of hydrogen-bond donors (Lipinski definition) is 2. The van der Waals surface area contributed by atoms with E-state index in [4.69, 9.17) is 10.2 Å². The second-order valence-corrected chi connectivity index (χ2v) is 13.0. The van der Waals surface area contributed by atoms with E-state index in [-0.39, 0.29) is 35.0 Å². The molecule has 2 rings (SSSR count). The van der Waals surface area contributed by atoms with Crippen molar-refractivity contribution in [2.45, 2.75) is 167 Å². The van der Waals surface area contributed by atoms with Gasteiger partial charge in [0.05, 0.1) is 0 Å². The van der Waals surface area contributed by atoms with Crippen LogP contribution in [0.5, 0.6) is 0 Å². The van der Waals surface area contributed by atoms with Crippen molar-refractivity contribution < 1.29 is 30.2 Å². The Labute approximate surface area is 220 Å². The van der Waals surface area contributed by atoms with Gasteiger partial charge in [-0.1, -0.05) is 25.7 Å². The summed E-state index contributed by atoms with van der Waals surface area (Å²) in [6, 6.07) is 0. The third-order valence-electron chi connectivity index (χ3n) is 7.38.